The van der Waals surface area contributed by atoms with Crippen LogP contribution < -0.4 is 4.31 Å². The summed E-state index contributed by atoms with van der Waals surface area (Å²) in [6, 6.07) is 10.3. The van der Waals surface area contributed by atoms with E-state index >= 15 is 0 Å². The molecule has 0 bridgehead atoms. The Bertz CT molecular complexity index is 883. The van der Waals surface area contributed by atoms with E-state index < -0.39 is 14.9 Å². The molecule has 6 nitrogen and oxygen atoms in total. The SMILES string of the molecule is O=[N+]([O-])c1ccc2c(c1)N(S(=O)(=O)c1cccc(Cl)c1)CCC2. The average Bonchev–Trinajstić information content (AvgIpc) is 2.53. The van der Waals surface area contributed by atoms with Gasteiger partial charge < -0.3 is 0 Å². The fraction of sp³-hybridized carbons (Fsp3) is 0.200. The highest BCUT2D eigenvalue weighted by atomic mass is 35.5. The van der Waals surface area contributed by atoms with Crippen LogP contribution in [0, 0.1) is 10.1 Å². The highest BCUT2D eigenvalue weighted by Gasteiger charge is 2.30. The number of nitro benzene ring substituents is 1. The minimum absolute atomic E-state index is 0.0735. The second-order valence-electron chi connectivity index (χ2n) is 5.21. The van der Waals surface area contributed by atoms with Gasteiger partial charge in [-0.05, 0) is 36.6 Å². The molecule has 0 amide bonds. The van der Waals surface area contributed by atoms with Crippen molar-refractivity contribution in [3.63, 3.8) is 0 Å². The van der Waals surface area contributed by atoms with E-state index in [1.165, 1.54) is 28.6 Å². The van der Waals surface area contributed by atoms with Gasteiger partial charge in [-0.2, -0.15) is 0 Å². The number of hydrogen-bond acceptors (Lipinski definition) is 4. The molecule has 3 rings (SSSR count). The molecule has 1 aliphatic rings. The molecule has 120 valence electrons. The summed E-state index contributed by atoms with van der Waals surface area (Å²) >= 11 is 5.88. The summed E-state index contributed by atoms with van der Waals surface area (Å²) < 4.78 is 27.0. The maximum Gasteiger partial charge on any atom is 0.271 e. The van der Waals surface area contributed by atoms with Crippen molar-refractivity contribution < 1.29 is 13.3 Å². The maximum atomic E-state index is 12.9. The van der Waals surface area contributed by atoms with Crippen LogP contribution in [0.5, 0.6) is 0 Å². The van der Waals surface area contributed by atoms with Crippen LogP contribution in [0.2, 0.25) is 5.02 Å². The molecule has 8 heteroatoms. The van der Waals surface area contributed by atoms with Gasteiger partial charge in [0.1, 0.15) is 0 Å². The Balaban J connectivity index is 2.12. The largest absolute Gasteiger partial charge is 0.271 e. The average molecular weight is 353 g/mol. The van der Waals surface area contributed by atoms with Crippen LogP contribution in [-0.2, 0) is 16.4 Å². The molecule has 1 aliphatic heterocycles. The van der Waals surface area contributed by atoms with Gasteiger partial charge in [0, 0.05) is 23.7 Å². The molecule has 2 aromatic rings. The minimum atomic E-state index is -3.81. The number of nitro groups is 1. The molecular weight excluding hydrogens is 340 g/mol. The number of halogens is 1. The van der Waals surface area contributed by atoms with Crippen LogP contribution in [0.4, 0.5) is 11.4 Å². The molecule has 0 N–H and O–H groups in total. The van der Waals surface area contributed by atoms with Gasteiger partial charge in [-0.15, -0.1) is 0 Å². The lowest BCUT2D eigenvalue weighted by Crippen LogP contribution is -2.35. The quantitative estimate of drug-likeness (QED) is 0.626. The summed E-state index contributed by atoms with van der Waals surface area (Å²) in [6.45, 7) is 0.281. The van der Waals surface area contributed by atoms with Gasteiger partial charge in [-0.3, -0.25) is 14.4 Å². The van der Waals surface area contributed by atoms with Gasteiger partial charge in [0.15, 0.2) is 0 Å². The summed E-state index contributed by atoms with van der Waals surface area (Å²) in [6.07, 6.45) is 1.35. The van der Waals surface area contributed by atoms with E-state index in [1.807, 2.05) is 0 Å². The molecule has 0 aliphatic carbocycles. The first-order valence-electron chi connectivity index (χ1n) is 6.95. The fourth-order valence-electron chi connectivity index (χ4n) is 2.65. The topological polar surface area (TPSA) is 80.5 Å². The Morgan fingerprint density at radius 2 is 1.96 bits per heavy atom. The van der Waals surface area contributed by atoms with Crippen molar-refractivity contribution in [3.8, 4) is 0 Å². The normalized spacial score (nSPS) is 14.4. The third kappa shape index (κ3) is 2.89. The first kappa shape index (κ1) is 15.8. The third-order valence-electron chi connectivity index (χ3n) is 3.74. The zero-order valence-corrected chi connectivity index (χ0v) is 13.5. The van der Waals surface area contributed by atoms with Crippen LogP contribution in [0.1, 0.15) is 12.0 Å². The number of fused-ring (bicyclic) bond motifs is 1. The van der Waals surface area contributed by atoms with Crippen molar-refractivity contribution in [2.45, 2.75) is 17.7 Å². The van der Waals surface area contributed by atoms with Gasteiger partial charge in [0.25, 0.3) is 15.7 Å². The Kier molecular flexibility index (Phi) is 3.99. The summed E-state index contributed by atoms with van der Waals surface area (Å²) in [4.78, 5) is 10.5. The number of hydrogen-bond donors (Lipinski definition) is 0. The van der Waals surface area contributed by atoms with Crippen LogP contribution >= 0.6 is 11.6 Å². The lowest BCUT2D eigenvalue weighted by molar-refractivity contribution is -0.384. The molecule has 0 atom stereocenters. The molecular formula is C15H13ClN2O4S. The van der Waals surface area contributed by atoms with Gasteiger partial charge >= 0.3 is 0 Å². The Morgan fingerprint density at radius 1 is 1.17 bits per heavy atom. The molecule has 0 fully saturated rings. The molecule has 0 saturated heterocycles. The monoisotopic (exact) mass is 352 g/mol. The Hall–Kier alpha value is -2.12. The van der Waals surface area contributed by atoms with Crippen molar-refractivity contribution in [2.75, 3.05) is 10.8 Å². The van der Waals surface area contributed by atoms with E-state index in [2.05, 4.69) is 0 Å². The smallest absolute Gasteiger partial charge is 0.266 e. The number of non-ortho nitro benzene ring substituents is 1. The first-order valence-corrected chi connectivity index (χ1v) is 8.77. The number of benzene rings is 2. The molecule has 0 saturated carbocycles. The second-order valence-corrected chi connectivity index (χ2v) is 7.51. The van der Waals surface area contributed by atoms with Gasteiger partial charge in [-0.1, -0.05) is 23.7 Å². The zero-order valence-electron chi connectivity index (χ0n) is 12.0. The van der Waals surface area contributed by atoms with E-state index in [0.29, 0.717) is 23.6 Å². The molecule has 23 heavy (non-hydrogen) atoms. The minimum Gasteiger partial charge on any atom is -0.266 e. The predicted molar refractivity (Wildman–Crippen MR) is 87.4 cm³/mol. The first-order chi connectivity index (χ1) is 10.9. The highest BCUT2D eigenvalue weighted by Crippen LogP contribution is 2.35. The van der Waals surface area contributed by atoms with Gasteiger partial charge in [-0.25, -0.2) is 8.42 Å². The number of rotatable bonds is 3. The lowest BCUT2D eigenvalue weighted by atomic mass is 10.0. The standard InChI is InChI=1S/C15H13ClN2O4S/c16-12-4-1-5-14(9-12)23(21,22)17-8-2-3-11-6-7-13(18(19)20)10-15(11)17/h1,4-7,9-10H,2-3,8H2. The van der Waals surface area contributed by atoms with E-state index in [4.69, 9.17) is 11.6 Å². The van der Waals surface area contributed by atoms with Crippen LogP contribution in [0.3, 0.4) is 0 Å². The summed E-state index contributed by atoms with van der Waals surface area (Å²) in [5.41, 5.74) is 1.02. The molecule has 0 aromatic heterocycles. The molecule has 1 heterocycles. The van der Waals surface area contributed by atoms with Crippen molar-refractivity contribution in [3.05, 3.63) is 63.2 Å². The number of aryl methyl sites for hydroxylation is 1. The molecule has 0 spiro atoms. The molecule has 2 aromatic carbocycles. The number of sulfonamides is 1. The Labute approximate surface area is 138 Å². The molecule has 0 radical (unpaired) electrons. The fourth-order valence-corrected chi connectivity index (χ4v) is 4.48. The van der Waals surface area contributed by atoms with Crippen molar-refractivity contribution in [2.24, 2.45) is 0 Å². The third-order valence-corrected chi connectivity index (χ3v) is 5.78. The van der Waals surface area contributed by atoms with Crippen LogP contribution in [0.25, 0.3) is 0 Å². The highest BCUT2D eigenvalue weighted by molar-refractivity contribution is 7.92. The molecule has 0 unspecified atom stereocenters. The van der Waals surface area contributed by atoms with Crippen molar-refractivity contribution in [1.29, 1.82) is 0 Å². The zero-order chi connectivity index (χ0) is 16.6. The van der Waals surface area contributed by atoms with E-state index in [1.54, 1.807) is 18.2 Å². The predicted octanol–water partition coefficient (Wildman–Crippen LogP) is 3.39. The van der Waals surface area contributed by atoms with Crippen molar-refractivity contribution in [1.82, 2.24) is 0 Å². The summed E-state index contributed by atoms with van der Waals surface area (Å²) in [7, 11) is -3.81. The second kappa shape index (κ2) is 5.82. The van der Waals surface area contributed by atoms with E-state index in [9.17, 15) is 18.5 Å². The number of anilines is 1. The van der Waals surface area contributed by atoms with Crippen LogP contribution in [-0.4, -0.2) is 19.9 Å². The van der Waals surface area contributed by atoms with Gasteiger partial charge in [0.2, 0.25) is 0 Å². The Morgan fingerprint density at radius 3 is 2.65 bits per heavy atom. The lowest BCUT2D eigenvalue weighted by Gasteiger charge is -2.30. The summed E-state index contributed by atoms with van der Waals surface area (Å²) in [5, 5.41) is 11.3. The number of nitrogens with zero attached hydrogens (tertiary/aromatic N) is 2. The van der Waals surface area contributed by atoms with Crippen LogP contribution in [0.15, 0.2) is 47.4 Å². The summed E-state index contributed by atoms with van der Waals surface area (Å²) in [5.74, 6) is 0. The van der Waals surface area contributed by atoms with Gasteiger partial charge in [0.05, 0.1) is 15.5 Å². The maximum absolute atomic E-state index is 12.9. The van der Waals surface area contributed by atoms with E-state index in [-0.39, 0.29) is 17.1 Å². The van der Waals surface area contributed by atoms with Crippen molar-refractivity contribution >= 4 is 33.0 Å². The van der Waals surface area contributed by atoms with E-state index in [0.717, 1.165) is 5.56 Å².